The molecule has 2 aromatic rings. The van der Waals surface area contributed by atoms with Gasteiger partial charge in [0.25, 0.3) is 0 Å². The van der Waals surface area contributed by atoms with Crippen molar-refractivity contribution in [3.8, 4) is 0 Å². The minimum Gasteiger partial charge on any atom is -0.396 e. The molecule has 0 saturated carbocycles. The van der Waals surface area contributed by atoms with E-state index in [9.17, 15) is 13.2 Å². The largest absolute Gasteiger partial charge is 0.433 e. The predicted octanol–water partition coefficient (Wildman–Crippen LogP) is 4.73. The van der Waals surface area contributed by atoms with E-state index in [0.29, 0.717) is 10.7 Å². The van der Waals surface area contributed by atoms with Crippen molar-refractivity contribution in [2.75, 3.05) is 11.1 Å². The van der Waals surface area contributed by atoms with Crippen LogP contribution in [-0.2, 0) is 6.18 Å². The fourth-order valence-electron chi connectivity index (χ4n) is 1.46. The number of rotatable bonds is 2. The Morgan fingerprint density at radius 3 is 2.40 bits per heavy atom. The average Bonchev–Trinajstić information content (AvgIpc) is 2.35. The van der Waals surface area contributed by atoms with Gasteiger partial charge < -0.3 is 11.1 Å². The highest BCUT2D eigenvalue weighted by Crippen LogP contribution is 2.33. The molecule has 0 fully saturated rings. The first-order valence-corrected chi connectivity index (χ1v) is 6.08. The van der Waals surface area contributed by atoms with Crippen molar-refractivity contribution in [2.45, 2.75) is 6.18 Å². The number of nitrogens with one attached hydrogen (secondary N) is 1. The molecule has 1 aromatic carbocycles. The third-order valence-corrected chi connectivity index (χ3v) is 3.16. The summed E-state index contributed by atoms with van der Waals surface area (Å²) in [5.41, 5.74) is 5.20. The molecular formula is C12H8Cl2F3N3. The summed E-state index contributed by atoms with van der Waals surface area (Å²) in [6.45, 7) is 0. The normalized spacial score (nSPS) is 11.4. The van der Waals surface area contributed by atoms with Gasteiger partial charge in [-0.1, -0.05) is 23.2 Å². The van der Waals surface area contributed by atoms with Gasteiger partial charge in [-0.2, -0.15) is 13.2 Å². The van der Waals surface area contributed by atoms with Crippen molar-refractivity contribution in [3.05, 3.63) is 46.2 Å². The van der Waals surface area contributed by atoms with Crippen molar-refractivity contribution < 1.29 is 13.2 Å². The van der Waals surface area contributed by atoms with Crippen molar-refractivity contribution in [2.24, 2.45) is 0 Å². The van der Waals surface area contributed by atoms with E-state index >= 15 is 0 Å². The van der Waals surface area contributed by atoms with Gasteiger partial charge >= 0.3 is 6.18 Å². The van der Waals surface area contributed by atoms with Gasteiger partial charge in [0.1, 0.15) is 5.69 Å². The Kier molecular flexibility index (Phi) is 3.96. The molecule has 0 aliphatic heterocycles. The van der Waals surface area contributed by atoms with Crippen LogP contribution in [0.4, 0.5) is 30.2 Å². The molecule has 1 aromatic heterocycles. The van der Waals surface area contributed by atoms with E-state index in [1.807, 2.05) is 0 Å². The van der Waals surface area contributed by atoms with E-state index < -0.39 is 11.9 Å². The lowest BCUT2D eigenvalue weighted by Crippen LogP contribution is -2.09. The zero-order valence-electron chi connectivity index (χ0n) is 9.80. The number of alkyl halides is 3. The van der Waals surface area contributed by atoms with Crippen LogP contribution >= 0.6 is 23.2 Å². The summed E-state index contributed by atoms with van der Waals surface area (Å²) in [5.74, 6) is 0. The molecule has 0 amide bonds. The van der Waals surface area contributed by atoms with Crippen LogP contribution in [-0.4, -0.2) is 4.98 Å². The molecule has 0 spiro atoms. The number of nitrogen functional groups attached to an aromatic ring is 1. The lowest BCUT2D eigenvalue weighted by molar-refractivity contribution is -0.141. The second-order valence-corrected chi connectivity index (χ2v) is 4.72. The van der Waals surface area contributed by atoms with Crippen molar-refractivity contribution in [3.63, 3.8) is 0 Å². The molecule has 0 bridgehead atoms. The lowest BCUT2D eigenvalue weighted by atomic mass is 10.2. The highest BCUT2D eigenvalue weighted by molar-refractivity contribution is 6.42. The van der Waals surface area contributed by atoms with E-state index in [2.05, 4.69) is 10.3 Å². The zero-order chi connectivity index (χ0) is 14.9. The number of halogens is 5. The summed E-state index contributed by atoms with van der Waals surface area (Å²) in [6, 6.07) is 5.41. The Morgan fingerprint density at radius 2 is 1.80 bits per heavy atom. The topological polar surface area (TPSA) is 50.9 Å². The molecule has 0 saturated heterocycles. The summed E-state index contributed by atoms with van der Waals surface area (Å²) in [5, 5.41) is 3.37. The summed E-state index contributed by atoms with van der Waals surface area (Å²) in [7, 11) is 0. The number of nitrogens with two attached hydrogens (primary N) is 1. The van der Waals surface area contributed by atoms with E-state index in [1.54, 1.807) is 6.07 Å². The van der Waals surface area contributed by atoms with Crippen LogP contribution in [0.1, 0.15) is 5.69 Å². The maximum atomic E-state index is 12.6. The molecule has 20 heavy (non-hydrogen) atoms. The monoisotopic (exact) mass is 321 g/mol. The number of aromatic nitrogens is 1. The number of hydrogen-bond acceptors (Lipinski definition) is 3. The second-order valence-electron chi connectivity index (χ2n) is 3.91. The van der Waals surface area contributed by atoms with Crippen LogP contribution in [0.25, 0.3) is 0 Å². The van der Waals surface area contributed by atoms with Gasteiger partial charge in [0.05, 0.1) is 27.6 Å². The molecule has 0 radical (unpaired) electrons. The van der Waals surface area contributed by atoms with Crippen molar-refractivity contribution in [1.82, 2.24) is 4.98 Å². The van der Waals surface area contributed by atoms with Crippen LogP contribution in [0, 0.1) is 0 Å². The van der Waals surface area contributed by atoms with Crippen molar-refractivity contribution in [1.29, 1.82) is 0 Å². The Balaban J connectivity index is 2.35. The molecule has 2 rings (SSSR count). The number of nitrogens with zero attached hydrogens (tertiary/aromatic N) is 1. The minimum atomic E-state index is -4.54. The van der Waals surface area contributed by atoms with Gasteiger partial charge in [0.2, 0.25) is 0 Å². The summed E-state index contributed by atoms with van der Waals surface area (Å²) >= 11 is 11.6. The number of benzene rings is 1. The van der Waals surface area contributed by atoms with Gasteiger partial charge in [-0.25, -0.2) is 4.98 Å². The SMILES string of the molecule is Nc1cnc(C(F)(F)F)cc1Nc1ccc(Cl)c(Cl)c1. The zero-order valence-corrected chi connectivity index (χ0v) is 11.3. The molecule has 8 heteroatoms. The fraction of sp³-hybridized carbons (Fsp3) is 0.0833. The third kappa shape index (κ3) is 3.26. The second kappa shape index (κ2) is 5.38. The van der Waals surface area contributed by atoms with Gasteiger partial charge in [-0.3, -0.25) is 0 Å². The number of anilines is 3. The molecule has 3 N–H and O–H groups in total. The summed E-state index contributed by atoms with van der Waals surface area (Å²) in [6.07, 6.45) is -3.59. The first-order chi connectivity index (χ1) is 9.27. The first-order valence-electron chi connectivity index (χ1n) is 5.32. The quantitative estimate of drug-likeness (QED) is 0.840. The fourth-order valence-corrected chi connectivity index (χ4v) is 1.76. The molecule has 3 nitrogen and oxygen atoms in total. The van der Waals surface area contributed by atoms with Crippen LogP contribution in [0.5, 0.6) is 0 Å². The van der Waals surface area contributed by atoms with E-state index in [4.69, 9.17) is 28.9 Å². The summed E-state index contributed by atoms with van der Waals surface area (Å²) in [4.78, 5) is 3.25. The Bertz CT molecular complexity index is 644. The maximum Gasteiger partial charge on any atom is 0.433 e. The predicted molar refractivity (Wildman–Crippen MR) is 73.4 cm³/mol. The number of hydrogen-bond donors (Lipinski definition) is 2. The van der Waals surface area contributed by atoms with Crippen molar-refractivity contribution >= 4 is 40.3 Å². The summed E-state index contributed by atoms with van der Waals surface area (Å²) < 4.78 is 37.8. The van der Waals surface area contributed by atoms with E-state index in [1.165, 1.54) is 12.1 Å². The maximum absolute atomic E-state index is 12.6. The average molecular weight is 322 g/mol. The van der Waals surface area contributed by atoms with Crippen LogP contribution in [0.3, 0.4) is 0 Å². The Hall–Kier alpha value is -1.66. The Morgan fingerprint density at radius 1 is 1.10 bits per heavy atom. The highest BCUT2D eigenvalue weighted by atomic mass is 35.5. The van der Waals surface area contributed by atoms with Gasteiger partial charge in [-0.15, -0.1) is 0 Å². The van der Waals surface area contributed by atoms with Gasteiger partial charge in [-0.05, 0) is 24.3 Å². The highest BCUT2D eigenvalue weighted by Gasteiger charge is 2.32. The van der Waals surface area contributed by atoms with Gasteiger partial charge in [0.15, 0.2) is 0 Å². The molecule has 0 atom stereocenters. The molecule has 106 valence electrons. The molecular weight excluding hydrogens is 314 g/mol. The van der Waals surface area contributed by atoms with Crippen LogP contribution in [0.15, 0.2) is 30.5 Å². The molecule has 0 aliphatic rings. The minimum absolute atomic E-state index is 0.0871. The van der Waals surface area contributed by atoms with Crippen LogP contribution in [0.2, 0.25) is 10.0 Å². The Labute approximate surface area is 122 Å². The smallest absolute Gasteiger partial charge is 0.396 e. The van der Waals surface area contributed by atoms with E-state index in [-0.39, 0.29) is 16.4 Å². The first kappa shape index (κ1) is 14.7. The standard InChI is InChI=1S/C12H8Cl2F3N3/c13-7-2-1-6(3-8(7)14)20-10-4-11(12(15,16)17)19-5-9(10)18/h1-5H,18H2,(H,19,20). The van der Waals surface area contributed by atoms with Crippen LogP contribution < -0.4 is 11.1 Å². The molecule has 0 unspecified atom stereocenters. The van der Waals surface area contributed by atoms with Gasteiger partial charge in [0, 0.05) is 5.69 Å². The van der Waals surface area contributed by atoms with E-state index in [0.717, 1.165) is 12.3 Å². The number of pyridine rings is 1. The molecule has 1 heterocycles. The third-order valence-electron chi connectivity index (χ3n) is 2.42. The lowest BCUT2D eigenvalue weighted by Gasteiger charge is -2.12. The molecule has 0 aliphatic carbocycles.